The minimum absolute atomic E-state index is 0.0755. The van der Waals surface area contributed by atoms with Gasteiger partial charge in [-0.15, -0.1) is 0 Å². The highest BCUT2D eigenvalue weighted by molar-refractivity contribution is 5.92. The molecule has 0 bridgehead atoms. The average molecular weight is 250 g/mol. The van der Waals surface area contributed by atoms with Crippen molar-refractivity contribution < 1.29 is 4.79 Å². The Morgan fingerprint density at radius 2 is 2.44 bits per heavy atom. The molecule has 1 saturated carbocycles. The molecule has 0 spiro atoms. The van der Waals surface area contributed by atoms with Crippen LogP contribution < -0.4 is 11.1 Å². The second-order valence-corrected chi connectivity index (χ2v) is 5.86. The van der Waals surface area contributed by atoms with E-state index < -0.39 is 0 Å². The standard InChI is InChI=1S/C13H22N4O/c1-13(2)4-3-10(7-13)16-12(18)11-8-17(6-5-14)9-15-11/h8-10H,3-7,14H2,1-2H3,(H,16,18). The van der Waals surface area contributed by atoms with Crippen molar-refractivity contribution in [2.45, 2.75) is 45.7 Å². The number of amides is 1. The summed E-state index contributed by atoms with van der Waals surface area (Å²) in [5.41, 5.74) is 6.28. The number of rotatable bonds is 4. The number of nitrogens with two attached hydrogens (primary N) is 1. The van der Waals surface area contributed by atoms with Crippen molar-refractivity contribution in [3.8, 4) is 0 Å². The molecule has 0 radical (unpaired) electrons. The van der Waals surface area contributed by atoms with Crippen LogP contribution in [0.2, 0.25) is 0 Å². The van der Waals surface area contributed by atoms with E-state index in [2.05, 4.69) is 24.1 Å². The van der Waals surface area contributed by atoms with E-state index in [1.54, 1.807) is 12.5 Å². The lowest BCUT2D eigenvalue weighted by Crippen LogP contribution is -2.33. The van der Waals surface area contributed by atoms with Gasteiger partial charge in [-0.1, -0.05) is 13.8 Å². The second-order valence-electron chi connectivity index (χ2n) is 5.86. The van der Waals surface area contributed by atoms with Gasteiger partial charge in [0.05, 0.1) is 6.33 Å². The van der Waals surface area contributed by atoms with Crippen LogP contribution in [0.4, 0.5) is 0 Å². The maximum Gasteiger partial charge on any atom is 0.271 e. The highest BCUT2D eigenvalue weighted by Crippen LogP contribution is 2.36. The number of nitrogens with one attached hydrogen (secondary N) is 1. The number of aromatic nitrogens is 2. The zero-order chi connectivity index (χ0) is 13.2. The van der Waals surface area contributed by atoms with Gasteiger partial charge in [0.1, 0.15) is 5.69 Å². The molecule has 100 valence electrons. The molecule has 1 fully saturated rings. The molecule has 2 rings (SSSR count). The lowest BCUT2D eigenvalue weighted by atomic mass is 9.92. The molecule has 0 aromatic carbocycles. The molecule has 1 aromatic rings. The van der Waals surface area contributed by atoms with Gasteiger partial charge in [0.2, 0.25) is 0 Å². The molecule has 18 heavy (non-hydrogen) atoms. The number of imidazole rings is 1. The minimum atomic E-state index is -0.0755. The van der Waals surface area contributed by atoms with Crippen molar-refractivity contribution in [2.24, 2.45) is 11.1 Å². The van der Waals surface area contributed by atoms with Crippen LogP contribution in [0.15, 0.2) is 12.5 Å². The van der Waals surface area contributed by atoms with Gasteiger partial charge in [-0.2, -0.15) is 0 Å². The second kappa shape index (κ2) is 5.10. The van der Waals surface area contributed by atoms with Crippen LogP contribution in [0, 0.1) is 5.41 Å². The van der Waals surface area contributed by atoms with Crippen LogP contribution in [-0.2, 0) is 6.54 Å². The Hall–Kier alpha value is -1.36. The summed E-state index contributed by atoms with van der Waals surface area (Å²) in [6.07, 6.45) is 6.67. The lowest BCUT2D eigenvalue weighted by molar-refractivity contribution is 0.0931. The normalized spacial score (nSPS) is 22.1. The van der Waals surface area contributed by atoms with Crippen molar-refractivity contribution in [1.82, 2.24) is 14.9 Å². The van der Waals surface area contributed by atoms with Crippen LogP contribution in [0.5, 0.6) is 0 Å². The summed E-state index contributed by atoms with van der Waals surface area (Å²) < 4.78 is 1.84. The topological polar surface area (TPSA) is 72.9 Å². The molecular weight excluding hydrogens is 228 g/mol. The van der Waals surface area contributed by atoms with Gasteiger partial charge in [0, 0.05) is 25.3 Å². The van der Waals surface area contributed by atoms with Crippen LogP contribution in [0.25, 0.3) is 0 Å². The summed E-state index contributed by atoms with van der Waals surface area (Å²) in [5, 5.41) is 3.06. The maximum atomic E-state index is 12.0. The molecule has 0 aliphatic heterocycles. The summed E-state index contributed by atoms with van der Waals surface area (Å²) in [7, 11) is 0. The van der Waals surface area contributed by atoms with E-state index in [4.69, 9.17) is 5.73 Å². The zero-order valence-corrected chi connectivity index (χ0v) is 11.1. The number of nitrogens with zero attached hydrogens (tertiary/aromatic N) is 2. The van der Waals surface area contributed by atoms with Crippen LogP contribution >= 0.6 is 0 Å². The number of carbonyl (C=O) groups excluding carboxylic acids is 1. The Labute approximate surface area is 108 Å². The summed E-state index contributed by atoms with van der Waals surface area (Å²) in [6.45, 7) is 5.73. The van der Waals surface area contributed by atoms with Gasteiger partial charge in [0.15, 0.2) is 0 Å². The Balaban J connectivity index is 1.91. The van der Waals surface area contributed by atoms with Crippen molar-refractivity contribution in [3.63, 3.8) is 0 Å². The highest BCUT2D eigenvalue weighted by atomic mass is 16.2. The first kappa shape index (κ1) is 13.1. The van der Waals surface area contributed by atoms with Crippen molar-refractivity contribution in [2.75, 3.05) is 6.54 Å². The summed E-state index contributed by atoms with van der Waals surface area (Å²) in [6, 6.07) is 0.284. The first-order chi connectivity index (χ1) is 8.50. The van der Waals surface area contributed by atoms with Crippen LogP contribution in [0.1, 0.15) is 43.6 Å². The van der Waals surface area contributed by atoms with Gasteiger partial charge >= 0.3 is 0 Å². The number of hydrogen-bond donors (Lipinski definition) is 2. The fourth-order valence-corrected chi connectivity index (χ4v) is 2.57. The van der Waals surface area contributed by atoms with Gasteiger partial charge in [0.25, 0.3) is 5.91 Å². The van der Waals surface area contributed by atoms with Crippen molar-refractivity contribution in [1.29, 1.82) is 0 Å². The predicted molar refractivity (Wildman–Crippen MR) is 70.2 cm³/mol. The monoisotopic (exact) mass is 250 g/mol. The fourth-order valence-electron chi connectivity index (χ4n) is 2.57. The maximum absolute atomic E-state index is 12.0. The molecular formula is C13H22N4O. The Kier molecular flexibility index (Phi) is 3.71. The fraction of sp³-hybridized carbons (Fsp3) is 0.692. The van der Waals surface area contributed by atoms with Crippen molar-refractivity contribution >= 4 is 5.91 Å². The first-order valence-corrected chi connectivity index (χ1v) is 6.53. The third-order valence-corrected chi connectivity index (χ3v) is 3.56. The molecule has 1 amide bonds. The Bertz CT molecular complexity index is 424. The molecule has 5 nitrogen and oxygen atoms in total. The van der Waals surface area contributed by atoms with Gasteiger partial charge < -0.3 is 15.6 Å². The molecule has 5 heteroatoms. The molecule has 1 aliphatic rings. The highest BCUT2D eigenvalue weighted by Gasteiger charge is 2.32. The Morgan fingerprint density at radius 3 is 3.06 bits per heavy atom. The van der Waals surface area contributed by atoms with Crippen LogP contribution in [0.3, 0.4) is 0 Å². The van der Waals surface area contributed by atoms with E-state index in [9.17, 15) is 4.79 Å². The van der Waals surface area contributed by atoms with E-state index in [1.807, 2.05) is 4.57 Å². The lowest BCUT2D eigenvalue weighted by Gasteiger charge is -2.17. The zero-order valence-electron chi connectivity index (χ0n) is 11.1. The van der Waals surface area contributed by atoms with Gasteiger partial charge in [-0.05, 0) is 24.7 Å². The van der Waals surface area contributed by atoms with Gasteiger partial charge in [-0.3, -0.25) is 4.79 Å². The van der Waals surface area contributed by atoms with E-state index in [0.717, 1.165) is 12.8 Å². The summed E-state index contributed by atoms with van der Waals surface area (Å²) in [4.78, 5) is 16.1. The Morgan fingerprint density at radius 1 is 1.67 bits per heavy atom. The van der Waals surface area contributed by atoms with E-state index in [-0.39, 0.29) is 11.9 Å². The molecule has 1 aliphatic carbocycles. The molecule has 1 unspecified atom stereocenters. The SMILES string of the molecule is CC1(C)CCC(NC(=O)c2cn(CCN)cn2)C1. The van der Waals surface area contributed by atoms with E-state index >= 15 is 0 Å². The largest absolute Gasteiger partial charge is 0.348 e. The predicted octanol–water partition coefficient (Wildman–Crippen LogP) is 1.15. The number of carbonyl (C=O) groups is 1. The van der Waals surface area contributed by atoms with E-state index in [0.29, 0.717) is 24.2 Å². The average Bonchev–Trinajstić information content (AvgIpc) is 2.86. The molecule has 1 atom stereocenters. The van der Waals surface area contributed by atoms with E-state index in [1.165, 1.54) is 6.42 Å². The molecule has 0 saturated heterocycles. The summed E-state index contributed by atoms with van der Waals surface area (Å²) in [5.74, 6) is -0.0755. The first-order valence-electron chi connectivity index (χ1n) is 6.53. The minimum Gasteiger partial charge on any atom is -0.348 e. The summed E-state index contributed by atoms with van der Waals surface area (Å²) >= 11 is 0. The molecule has 3 N–H and O–H groups in total. The number of hydrogen-bond acceptors (Lipinski definition) is 3. The third-order valence-electron chi connectivity index (χ3n) is 3.56. The van der Waals surface area contributed by atoms with Crippen molar-refractivity contribution in [3.05, 3.63) is 18.2 Å². The third kappa shape index (κ3) is 3.10. The quantitative estimate of drug-likeness (QED) is 0.842. The molecule has 1 heterocycles. The smallest absolute Gasteiger partial charge is 0.271 e. The van der Waals surface area contributed by atoms with Gasteiger partial charge in [-0.25, -0.2) is 4.98 Å². The molecule has 1 aromatic heterocycles. The van der Waals surface area contributed by atoms with Crippen LogP contribution in [-0.4, -0.2) is 28.0 Å².